The molecule has 0 bridgehead atoms. The summed E-state index contributed by atoms with van der Waals surface area (Å²) in [5, 5.41) is 11.7. The summed E-state index contributed by atoms with van der Waals surface area (Å²) in [5.41, 5.74) is 1.88. The number of anilines is 1. The largest absolute Gasteiger partial charge is 0.490 e. The first-order chi connectivity index (χ1) is 18.2. The van der Waals surface area contributed by atoms with Gasteiger partial charge in [-0.15, -0.1) is 0 Å². The van der Waals surface area contributed by atoms with E-state index in [1.165, 1.54) is 0 Å². The minimum absolute atomic E-state index is 0.00409. The summed E-state index contributed by atoms with van der Waals surface area (Å²) in [5.74, 6) is -1.00. The number of esters is 1. The van der Waals surface area contributed by atoms with E-state index in [9.17, 15) is 9.59 Å². The van der Waals surface area contributed by atoms with Crippen molar-refractivity contribution >= 4 is 23.3 Å². The lowest BCUT2D eigenvalue weighted by atomic mass is 9.84. The zero-order valence-corrected chi connectivity index (χ0v) is 24.2. The summed E-state index contributed by atoms with van der Waals surface area (Å²) in [7, 11) is 0. The molecule has 212 valence electrons. The van der Waals surface area contributed by atoms with Crippen LogP contribution in [0.5, 0.6) is 11.5 Å². The Hall–Kier alpha value is -3.62. The molecule has 1 aliphatic heterocycles. The fourth-order valence-corrected chi connectivity index (χ4v) is 4.46. The fraction of sp³-hybridized carbons (Fsp3) is 0.500. The lowest BCUT2D eigenvalue weighted by Crippen LogP contribution is -2.31. The number of nitrogens with one attached hydrogen (secondary N) is 2. The van der Waals surface area contributed by atoms with Gasteiger partial charge in [-0.3, -0.25) is 15.0 Å². The number of amidine groups is 1. The van der Waals surface area contributed by atoms with Gasteiger partial charge in [0.2, 0.25) is 0 Å². The first kappa shape index (κ1) is 29.9. The molecule has 0 spiro atoms. The van der Waals surface area contributed by atoms with Crippen LogP contribution in [-0.4, -0.2) is 54.4 Å². The van der Waals surface area contributed by atoms with Crippen LogP contribution < -0.4 is 14.8 Å². The highest BCUT2D eigenvalue weighted by Crippen LogP contribution is 2.39. The quantitative estimate of drug-likeness (QED) is 0.294. The SMILES string of the molecule is CCOc1cc2c(c(F)c1OCC)C(=N)N(CC(=O)c1ccc(NCC(=O)OC(C)(C)C)c(C(C)(C)C)c1)C2. The Morgan fingerprint density at radius 2 is 1.72 bits per heavy atom. The molecule has 0 fully saturated rings. The Labute approximate surface area is 230 Å². The molecule has 0 radical (unpaired) electrons. The van der Waals surface area contributed by atoms with Gasteiger partial charge in [0.1, 0.15) is 18.0 Å². The van der Waals surface area contributed by atoms with E-state index in [2.05, 4.69) is 5.32 Å². The summed E-state index contributed by atoms with van der Waals surface area (Å²) in [6, 6.07) is 6.98. The third-order valence-corrected chi connectivity index (χ3v) is 6.10. The van der Waals surface area contributed by atoms with Gasteiger partial charge in [0, 0.05) is 17.8 Å². The van der Waals surface area contributed by atoms with Gasteiger partial charge in [-0.1, -0.05) is 20.8 Å². The van der Waals surface area contributed by atoms with Crippen LogP contribution in [0.15, 0.2) is 24.3 Å². The zero-order chi connectivity index (χ0) is 29.1. The maximum absolute atomic E-state index is 15.4. The van der Waals surface area contributed by atoms with Gasteiger partial charge in [-0.2, -0.15) is 0 Å². The second-order valence-corrected chi connectivity index (χ2v) is 11.5. The molecule has 39 heavy (non-hydrogen) atoms. The van der Waals surface area contributed by atoms with Crippen LogP contribution in [0.4, 0.5) is 10.1 Å². The minimum Gasteiger partial charge on any atom is -0.490 e. The summed E-state index contributed by atoms with van der Waals surface area (Å²) in [4.78, 5) is 27.1. The van der Waals surface area contributed by atoms with E-state index in [0.29, 0.717) is 23.5 Å². The Morgan fingerprint density at radius 1 is 1.05 bits per heavy atom. The lowest BCUT2D eigenvalue weighted by Gasteiger charge is -2.25. The molecule has 0 unspecified atom stereocenters. The molecule has 0 aromatic heterocycles. The molecule has 0 saturated heterocycles. The number of benzene rings is 2. The Balaban J connectivity index is 1.81. The van der Waals surface area contributed by atoms with Crippen molar-refractivity contribution in [1.29, 1.82) is 5.41 Å². The van der Waals surface area contributed by atoms with Crippen LogP contribution in [0.3, 0.4) is 0 Å². The predicted octanol–water partition coefficient (Wildman–Crippen LogP) is 5.70. The van der Waals surface area contributed by atoms with E-state index < -0.39 is 11.4 Å². The number of ether oxygens (including phenoxy) is 3. The number of hydrogen-bond donors (Lipinski definition) is 2. The Bertz CT molecular complexity index is 1260. The van der Waals surface area contributed by atoms with Crippen molar-refractivity contribution in [1.82, 2.24) is 4.90 Å². The third-order valence-electron chi connectivity index (χ3n) is 6.10. The van der Waals surface area contributed by atoms with E-state index in [1.807, 2.05) is 47.6 Å². The number of hydrogen-bond acceptors (Lipinski definition) is 7. The number of halogens is 1. The van der Waals surface area contributed by atoms with Crippen LogP contribution in [0.25, 0.3) is 0 Å². The Kier molecular flexibility index (Phi) is 8.93. The molecule has 2 aromatic carbocycles. The molecule has 2 aromatic rings. The lowest BCUT2D eigenvalue weighted by molar-refractivity contribution is -0.152. The van der Waals surface area contributed by atoms with Crippen molar-refractivity contribution in [2.45, 2.75) is 73.0 Å². The Morgan fingerprint density at radius 3 is 2.31 bits per heavy atom. The van der Waals surface area contributed by atoms with Crippen molar-refractivity contribution in [2.75, 3.05) is 31.6 Å². The summed E-state index contributed by atoms with van der Waals surface area (Å²) >= 11 is 0. The maximum Gasteiger partial charge on any atom is 0.325 e. The molecule has 1 heterocycles. The molecule has 0 amide bonds. The van der Waals surface area contributed by atoms with Gasteiger partial charge in [0.15, 0.2) is 23.1 Å². The molecular formula is C30H40FN3O5. The highest BCUT2D eigenvalue weighted by Gasteiger charge is 2.33. The molecular weight excluding hydrogens is 501 g/mol. The van der Waals surface area contributed by atoms with Crippen molar-refractivity contribution in [3.63, 3.8) is 0 Å². The second kappa shape index (κ2) is 11.6. The molecule has 1 aliphatic rings. The van der Waals surface area contributed by atoms with E-state index in [0.717, 1.165) is 11.3 Å². The summed E-state index contributed by atoms with van der Waals surface area (Å²) in [6.07, 6.45) is 0. The highest BCUT2D eigenvalue weighted by molar-refractivity contribution is 6.06. The molecule has 3 rings (SSSR count). The number of nitrogens with zero attached hydrogens (tertiary/aromatic N) is 1. The number of fused-ring (bicyclic) bond motifs is 1. The molecule has 0 atom stereocenters. The molecule has 0 aliphatic carbocycles. The van der Waals surface area contributed by atoms with Crippen molar-refractivity contribution < 1.29 is 28.2 Å². The summed E-state index contributed by atoms with van der Waals surface area (Å²) < 4.78 is 31.8. The topological polar surface area (TPSA) is 101 Å². The van der Waals surface area contributed by atoms with E-state index in [1.54, 1.807) is 36.9 Å². The number of Topliss-reactive ketones (excluding diaryl/α,β-unsaturated/α-hetero) is 1. The molecule has 9 heteroatoms. The van der Waals surface area contributed by atoms with Crippen LogP contribution in [0.2, 0.25) is 0 Å². The number of carbonyl (C=O) groups is 2. The smallest absolute Gasteiger partial charge is 0.325 e. The van der Waals surface area contributed by atoms with Gasteiger partial charge in [-0.05, 0) is 75.4 Å². The van der Waals surface area contributed by atoms with E-state index in [4.69, 9.17) is 19.6 Å². The monoisotopic (exact) mass is 541 g/mol. The van der Waals surface area contributed by atoms with Crippen LogP contribution in [0.1, 0.15) is 82.4 Å². The van der Waals surface area contributed by atoms with Gasteiger partial charge < -0.3 is 24.4 Å². The zero-order valence-electron chi connectivity index (χ0n) is 24.2. The molecule has 0 saturated carbocycles. The average Bonchev–Trinajstić information content (AvgIpc) is 3.13. The van der Waals surface area contributed by atoms with Crippen molar-refractivity contribution in [3.8, 4) is 11.5 Å². The van der Waals surface area contributed by atoms with Crippen molar-refractivity contribution in [3.05, 3.63) is 52.3 Å². The molecule has 8 nitrogen and oxygen atoms in total. The average molecular weight is 542 g/mol. The standard InChI is InChI=1S/C30H40FN3O5/c1-9-37-23-14-19-16-34(28(32)25(19)26(31)27(23)38-10-2)17-22(35)18-11-12-21(20(13-18)29(3,4)5)33-15-24(36)39-30(6,7)8/h11-14,32-33H,9-10,15-17H2,1-8H3. The maximum atomic E-state index is 15.4. The minimum atomic E-state index is -0.645. The van der Waals surface area contributed by atoms with Crippen LogP contribution in [0, 0.1) is 11.2 Å². The fourth-order valence-electron chi connectivity index (χ4n) is 4.46. The van der Waals surface area contributed by atoms with Crippen LogP contribution in [-0.2, 0) is 21.5 Å². The number of carbonyl (C=O) groups excluding carboxylic acids is 2. The first-order valence-electron chi connectivity index (χ1n) is 13.2. The van der Waals surface area contributed by atoms with Crippen molar-refractivity contribution in [2.24, 2.45) is 0 Å². The second-order valence-electron chi connectivity index (χ2n) is 11.5. The van der Waals surface area contributed by atoms with Gasteiger partial charge in [0.05, 0.1) is 25.3 Å². The predicted molar refractivity (Wildman–Crippen MR) is 150 cm³/mol. The van der Waals surface area contributed by atoms with E-state index in [-0.39, 0.29) is 60.6 Å². The van der Waals surface area contributed by atoms with Crippen LogP contribution >= 0.6 is 0 Å². The number of rotatable bonds is 10. The molecule has 2 N–H and O–H groups in total. The first-order valence-corrected chi connectivity index (χ1v) is 13.2. The van der Waals surface area contributed by atoms with Gasteiger partial charge in [-0.25, -0.2) is 4.39 Å². The van der Waals surface area contributed by atoms with E-state index >= 15 is 4.39 Å². The third kappa shape index (κ3) is 7.07. The summed E-state index contributed by atoms with van der Waals surface area (Å²) in [6.45, 7) is 15.8. The normalized spacial score (nSPS) is 13.3. The highest BCUT2D eigenvalue weighted by atomic mass is 19.1. The van der Waals surface area contributed by atoms with Gasteiger partial charge >= 0.3 is 5.97 Å². The number of ketones is 1. The van der Waals surface area contributed by atoms with Gasteiger partial charge in [0.25, 0.3) is 0 Å².